The molecule has 0 saturated heterocycles. The minimum Gasteiger partial charge on any atom is -0.477 e. The summed E-state index contributed by atoms with van der Waals surface area (Å²) >= 11 is 0. The van der Waals surface area contributed by atoms with Gasteiger partial charge in [-0.1, -0.05) is 12.1 Å². The molecule has 1 aromatic carbocycles. The molecule has 0 unspecified atom stereocenters. The van der Waals surface area contributed by atoms with Crippen molar-refractivity contribution < 1.29 is 9.90 Å². The Morgan fingerprint density at radius 1 is 1.53 bits per heavy atom. The lowest BCUT2D eigenvalue weighted by atomic mass is 10.1. The lowest BCUT2D eigenvalue weighted by Gasteiger charge is -1.97. The first-order chi connectivity index (χ1) is 7.22. The highest BCUT2D eigenvalue weighted by atomic mass is 16.4. The second kappa shape index (κ2) is 3.57. The predicted molar refractivity (Wildman–Crippen MR) is 58.5 cm³/mol. The van der Waals surface area contributed by atoms with Crippen molar-refractivity contribution >= 4 is 23.6 Å². The molecule has 4 heteroatoms. The third-order valence-corrected chi connectivity index (χ3v) is 2.27. The van der Waals surface area contributed by atoms with Crippen LogP contribution in [0.25, 0.3) is 10.9 Å². The summed E-state index contributed by atoms with van der Waals surface area (Å²) in [4.78, 5) is 17.4. The Morgan fingerprint density at radius 3 is 3.00 bits per heavy atom. The first-order valence-corrected chi connectivity index (χ1v) is 4.49. The zero-order valence-corrected chi connectivity index (χ0v) is 8.03. The summed E-state index contributed by atoms with van der Waals surface area (Å²) < 4.78 is 0. The Kier molecular flexibility index (Phi) is 2.25. The molecule has 0 atom stereocenters. The largest absolute Gasteiger partial charge is 0.477 e. The van der Waals surface area contributed by atoms with E-state index in [1.165, 1.54) is 0 Å². The molecular weight excluding hydrogens is 192 g/mol. The predicted octanol–water partition coefficient (Wildman–Crippen LogP) is 2.07. The van der Waals surface area contributed by atoms with Gasteiger partial charge in [0.1, 0.15) is 5.69 Å². The number of aromatic nitrogens is 1. The number of benzene rings is 1. The van der Waals surface area contributed by atoms with Crippen molar-refractivity contribution in [2.75, 3.05) is 0 Å². The first-order valence-electron chi connectivity index (χ1n) is 4.49. The fourth-order valence-electron chi connectivity index (χ4n) is 1.59. The molecular formula is C11H10N2O2. The number of hydrogen-bond donors (Lipinski definition) is 2. The molecule has 1 aromatic heterocycles. The van der Waals surface area contributed by atoms with Crippen LogP contribution in [0.3, 0.4) is 0 Å². The van der Waals surface area contributed by atoms with E-state index in [9.17, 15) is 4.79 Å². The summed E-state index contributed by atoms with van der Waals surface area (Å²) in [5.74, 6) is -0.955. The van der Waals surface area contributed by atoms with Crippen LogP contribution in [0.4, 0.5) is 0 Å². The van der Waals surface area contributed by atoms with Crippen molar-refractivity contribution in [3.8, 4) is 0 Å². The van der Waals surface area contributed by atoms with E-state index in [0.29, 0.717) is 6.54 Å². The molecule has 1 heterocycles. The van der Waals surface area contributed by atoms with Crippen LogP contribution in [-0.4, -0.2) is 22.8 Å². The van der Waals surface area contributed by atoms with Gasteiger partial charge in [0.25, 0.3) is 0 Å². The number of aliphatic imine (C=N–C) groups is 1. The first kappa shape index (κ1) is 9.45. The van der Waals surface area contributed by atoms with Crippen LogP contribution in [0.15, 0.2) is 29.3 Å². The van der Waals surface area contributed by atoms with Crippen LogP contribution < -0.4 is 0 Å². The average Bonchev–Trinajstić information content (AvgIpc) is 2.63. The Labute approximate surface area is 86.3 Å². The number of carboxylic acids is 1. The summed E-state index contributed by atoms with van der Waals surface area (Å²) in [5.41, 5.74) is 1.99. The van der Waals surface area contributed by atoms with Gasteiger partial charge in [0.05, 0.1) is 6.54 Å². The van der Waals surface area contributed by atoms with Crippen molar-refractivity contribution in [1.29, 1.82) is 0 Å². The zero-order valence-electron chi connectivity index (χ0n) is 8.03. The molecule has 2 N–H and O–H groups in total. The minimum atomic E-state index is -0.955. The van der Waals surface area contributed by atoms with Crippen molar-refractivity contribution in [1.82, 2.24) is 4.98 Å². The molecule has 15 heavy (non-hydrogen) atoms. The van der Waals surface area contributed by atoms with Gasteiger partial charge >= 0.3 is 5.97 Å². The van der Waals surface area contributed by atoms with Gasteiger partial charge in [0.15, 0.2) is 0 Å². The second-order valence-electron chi connectivity index (χ2n) is 3.25. The van der Waals surface area contributed by atoms with E-state index >= 15 is 0 Å². The van der Waals surface area contributed by atoms with Gasteiger partial charge in [0.2, 0.25) is 0 Å². The highest BCUT2D eigenvalue weighted by molar-refractivity contribution is 5.95. The van der Waals surface area contributed by atoms with Gasteiger partial charge in [-0.2, -0.15) is 0 Å². The van der Waals surface area contributed by atoms with Crippen LogP contribution >= 0.6 is 0 Å². The van der Waals surface area contributed by atoms with Crippen LogP contribution in [0.1, 0.15) is 16.1 Å². The second-order valence-corrected chi connectivity index (χ2v) is 3.25. The number of aromatic carboxylic acids is 1. The zero-order chi connectivity index (χ0) is 10.8. The highest BCUT2D eigenvalue weighted by Gasteiger charge is 2.09. The van der Waals surface area contributed by atoms with Gasteiger partial charge in [-0.05, 0) is 24.4 Å². The normalized spacial score (nSPS) is 10.4. The van der Waals surface area contributed by atoms with E-state index in [2.05, 4.69) is 16.7 Å². The van der Waals surface area contributed by atoms with Gasteiger partial charge in [0, 0.05) is 10.9 Å². The molecule has 4 nitrogen and oxygen atoms in total. The maximum Gasteiger partial charge on any atom is 0.352 e. The molecule has 2 rings (SSSR count). The van der Waals surface area contributed by atoms with Crippen molar-refractivity contribution in [3.05, 3.63) is 35.5 Å². The topological polar surface area (TPSA) is 65.5 Å². The molecule has 0 spiro atoms. The van der Waals surface area contributed by atoms with E-state index in [-0.39, 0.29) is 5.69 Å². The number of nitrogens with one attached hydrogen (secondary N) is 1. The van der Waals surface area contributed by atoms with Gasteiger partial charge in [-0.25, -0.2) is 4.79 Å². The molecule has 0 radical (unpaired) electrons. The fourth-order valence-corrected chi connectivity index (χ4v) is 1.59. The van der Waals surface area contributed by atoms with E-state index in [1.54, 1.807) is 6.07 Å². The maximum atomic E-state index is 10.8. The van der Waals surface area contributed by atoms with Crippen molar-refractivity contribution in [2.45, 2.75) is 6.54 Å². The molecule has 76 valence electrons. The molecule has 2 aromatic rings. The Morgan fingerprint density at radius 2 is 2.33 bits per heavy atom. The minimum absolute atomic E-state index is 0.196. The van der Waals surface area contributed by atoms with Crippen LogP contribution in [0, 0.1) is 0 Å². The van der Waals surface area contributed by atoms with Gasteiger partial charge in [-0.3, -0.25) is 4.99 Å². The van der Waals surface area contributed by atoms with Crippen LogP contribution in [0.2, 0.25) is 0 Å². The lowest BCUT2D eigenvalue weighted by molar-refractivity contribution is 0.0691. The molecule has 0 amide bonds. The van der Waals surface area contributed by atoms with Gasteiger partial charge in [-0.15, -0.1) is 0 Å². The lowest BCUT2D eigenvalue weighted by Crippen LogP contribution is -1.94. The average molecular weight is 202 g/mol. The summed E-state index contributed by atoms with van der Waals surface area (Å²) in [6.07, 6.45) is 0. The summed E-state index contributed by atoms with van der Waals surface area (Å²) in [6, 6.07) is 7.24. The molecule has 0 aliphatic heterocycles. The van der Waals surface area contributed by atoms with Crippen molar-refractivity contribution in [2.24, 2.45) is 4.99 Å². The number of nitrogens with zero attached hydrogens (tertiary/aromatic N) is 1. The third kappa shape index (κ3) is 1.61. The number of fused-ring (bicyclic) bond motifs is 1. The summed E-state index contributed by atoms with van der Waals surface area (Å²) in [5, 5.41) is 9.73. The Hall–Kier alpha value is -2.10. The van der Waals surface area contributed by atoms with Gasteiger partial charge < -0.3 is 10.1 Å². The molecule has 0 bridgehead atoms. The van der Waals surface area contributed by atoms with Crippen molar-refractivity contribution in [3.63, 3.8) is 0 Å². The number of carbonyl (C=O) groups is 1. The highest BCUT2D eigenvalue weighted by Crippen LogP contribution is 2.20. The van der Waals surface area contributed by atoms with E-state index in [1.807, 2.05) is 18.2 Å². The molecule has 0 fully saturated rings. The van der Waals surface area contributed by atoms with Crippen LogP contribution in [-0.2, 0) is 6.54 Å². The Balaban J connectivity index is 2.63. The SMILES string of the molecule is C=NCc1cccc2[nH]c(C(=O)O)cc12. The third-order valence-electron chi connectivity index (χ3n) is 2.27. The van der Waals surface area contributed by atoms with E-state index < -0.39 is 5.97 Å². The fraction of sp³-hybridized carbons (Fsp3) is 0.0909. The van der Waals surface area contributed by atoms with Crippen LogP contribution in [0.5, 0.6) is 0 Å². The molecule has 0 aliphatic rings. The number of aromatic amines is 1. The number of H-pyrrole nitrogens is 1. The maximum absolute atomic E-state index is 10.8. The summed E-state index contributed by atoms with van der Waals surface area (Å²) in [7, 11) is 0. The quantitative estimate of drug-likeness (QED) is 0.748. The smallest absolute Gasteiger partial charge is 0.352 e. The number of rotatable bonds is 3. The monoisotopic (exact) mass is 202 g/mol. The summed E-state index contributed by atoms with van der Waals surface area (Å²) in [6.45, 7) is 3.92. The van der Waals surface area contributed by atoms with E-state index in [0.717, 1.165) is 16.5 Å². The molecule has 0 saturated carbocycles. The van der Waals surface area contributed by atoms with E-state index in [4.69, 9.17) is 5.11 Å². The number of hydrogen-bond acceptors (Lipinski definition) is 2. The molecule has 0 aliphatic carbocycles. The Bertz CT molecular complexity index is 528. The number of carboxylic acid groups (broad SMARTS) is 1. The standard InChI is InChI=1S/C11H10N2O2/c1-12-6-7-3-2-4-9-8(7)5-10(13-9)11(14)15/h2-5,13H,1,6H2,(H,14,15).